The van der Waals surface area contributed by atoms with Crippen LogP contribution in [-0.2, 0) is 14.3 Å². The molecule has 0 aliphatic heterocycles. The molecule has 0 amide bonds. The number of esters is 1. The molecule has 0 fully saturated rings. The number of ketones is 1. The van der Waals surface area contributed by atoms with Gasteiger partial charge in [-0.2, -0.15) is 0 Å². The fourth-order valence-corrected chi connectivity index (χ4v) is 1.39. The van der Waals surface area contributed by atoms with Gasteiger partial charge in [-0.05, 0) is 19.1 Å². The third-order valence-electron chi connectivity index (χ3n) is 2.24. The van der Waals surface area contributed by atoms with Gasteiger partial charge in [0.2, 0.25) is 0 Å². The molecule has 6 heteroatoms. The summed E-state index contributed by atoms with van der Waals surface area (Å²) >= 11 is 0. The highest BCUT2D eigenvalue weighted by molar-refractivity contribution is 6.09. The van der Waals surface area contributed by atoms with Crippen molar-refractivity contribution < 1.29 is 24.2 Å². The average molecular weight is 251 g/mol. The lowest BCUT2D eigenvalue weighted by molar-refractivity contribution is -0.149. The van der Waals surface area contributed by atoms with E-state index < -0.39 is 30.1 Å². The second kappa shape index (κ2) is 6.48. The van der Waals surface area contributed by atoms with Gasteiger partial charge in [0.15, 0.2) is 5.78 Å². The van der Waals surface area contributed by atoms with Crippen molar-refractivity contribution in [3.8, 4) is 0 Å². The van der Waals surface area contributed by atoms with E-state index in [1.807, 2.05) is 0 Å². The normalized spacial score (nSPS) is 11.6. The number of carboxylic acid groups (broad SMARTS) is 1. The second-order valence-electron chi connectivity index (χ2n) is 3.51. The molecule has 1 atom stereocenters. The van der Waals surface area contributed by atoms with Crippen LogP contribution in [0.25, 0.3) is 0 Å². The number of carbonyl (C=O) groups is 3. The Kier molecular flexibility index (Phi) is 4.98. The largest absolute Gasteiger partial charge is 0.481 e. The lowest BCUT2D eigenvalue weighted by Crippen LogP contribution is -2.27. The number of hydrogen-bond acceptors (Lipinski definition) is 5. The quantitative estimate of drug-likeness (QED) is 0.459. The molecule has 0 aromatic carbocycles. The van der Waals surface area contributed by atoms with Crippen molar-refractivity contribution in [2.45, 2.75) is 13.3 Å². The second-order valence-corrected chi connectivity index (χ2v) is 3.51. The topological polar surface area (TPSA) is 93.6 Å². The van der Waals surface area contributed by atoms with E-state index in [4.69, 9.17) is 5.11 Å². The summed E-state index contributed by atoms with van der Waals surface area (Å²) in [6.45, 7) is 1.75. The zero-order chi connectivity index (χ0) is 13.5. The lowest BCUT2D eigenvalue weighted by Gasteiger charge is -2.10. The zero-order valence-electron chi connectivity index (χ0n) is 9.83. The molecular weight excluding hydrogens is 238 g/mol. The molecule has 96 valence electrons. The fraction of sp³-hybridized carbons (Fsp3) is 0.333. The Morgan fingerprint density at radius 3 is 2.67 bits per heavy atom. The Morgan fingerprint density at radius 1 is 1.44 bits per heavy atom. The SMILES string of the molecule is CCOC(=O)CC(C(=O)O)C(=O)c1cccnc1. The Bertz CT molecular complexity index is 443. The predicted molar refractivity (Wildman–Crippen MR) is 60.9 cm³/mol. The number of aromatic nitrogens is 1. The maximum Gasteiger partial charge on any atom is 0.315 e. The Balaban J connectivity index is 2.83. The van der Waals surface area contributed by atoms with E-state index in [9.17, 15) is 14.4 Å². The third kappa shape index (κ3) is 3.65. The molecule has 0 aliphatic rings. The van der Waals surface area contributed by atoms with Crippen LogP contribution in [0.4, 0.5) is 0 Å². The number of hydrogen-bond donors (Lipinski definition) is 1. The van der Waals surface area contributed by atoms with Gasteiger partial charge in [0, 0.05) is 18.0 Å². The Labute approximate surface area is 104 Å². The molecular formula is C12H13NO5. The Morgan fingerprint density at radius 2 is 2.17 bits per heavy atom. The van der Waals surface area contributed by atoms with Crippen LogP contribution in [0.1, 0.15) is 23.7 Å². The maximum atomic E-state index is 11.9. The van der Waals surface area contributed by atoms with Crippen molar-refractivity contribution in [1.82, 2.24) is 4.98 Å². The smallest absolute Gasteiger partial charge is 0.315 e. The van der Waals surface area contributed by atoms with E-state index in [-0.39, 0.29) is 12.2 Å². The van der Waals surface area contributed by atoms with E-state index in [1.165, 1.54) is 24.5 Å². The summed E-state index contributed by atoms with van der Waals surface area (Å²) < 4.78 is 4.64. The minimum atomic E-state index is -1.44. The van der Waals surface area contributed by atoms with E-state index in [0.717, 1.165) is 0 Å². The average Bonchev–Trinajstić information content (AvgIpc) is 2.36. The van der Waals surface area contributed by atoms with Crippen LogP contribution in [0, 0.1) is 5.92 Å². The van der Waals surface area contributed by atoms with E-state index in [1.54, 1.807) is 6.92 Å². The summed E-state index contributed by atoms with van der Waals surface area (Å²) in [5, 5.41) is 8.97. The van der Waals surface area contributed by atoms with Crippen molar-refractivity contribution in [2.24, 2.45) is 5.92 Å². The lowest BCUT2D eigenvalue weighted by atomic mass is 9.96. The van der Waals surface area contributed by atoms with E-state index in [0.29, 0.717) is 0 Å². The van der Waals surface area contributed by atoms with Gasteiger partial charge < -0.3 is 9.84 Å². The molecule has 1 aromatic rings. The van der Waals surface area contributed by atoms with E-state index >= 15 is 0 Å². The molecule has 1 heterocycles. The molecule has 0 spiro atoms. The first-order valence-corrected chi connectivity index (χ1v) is 5.39. The zero-order valence-corrected chi connectivity index (χ0v) is 9.83. The summed E-state index contributed by atoms with van der Waals surface area (Å²) in [4.78, 5) is 37.9. The minimum Gasteiger partial charge on any atom is -0.481 e. The first-order valence-electron chi connectivity index (χ1n) is 5.39. The van der Waals surface area contributed by atoms with Crippen LogP contribution in [0.3, 0.4) is 0 Å². The molecule has 1 N–H and O–H groups in total. The number of ether oxygens (including phenoxy) is 1. The monoisotopic (exact) mass is 251 g/mol. The number of rotatable bonds is 6. The van der Waals surface area contributed by atoms with Gasteiger partial charge in [-0.25, -0.2) is 0 Å². The summed E-state index contributed by atoms with van der Waals surface area (Å²) in [6.07, 6.45) is 2.26. The molecule has 0 saturated carbocycles. The van der Waals surface area contributed by atoms with Gasteiger partial charge >= 0.3 is 11.9 Å². The highest BCUT2D eigenvalue weighted by Crippen LogP contribution is 2.13. The molecule has 0 aliphatic carbocycles. The molecule has 0 radical (unpaired) electrons. The van der Waals surface area contributed by atoms with Gasteiger partial charge in [-0.15, -0.1) is 0 Å². The standard InChI is InChI=1S/C12H13NO5/c1-2-18-10(14)6-9(12(16)17)11(15)8-4-3-5-13-7-8/h3-5,7,9H,2,6H2,1H3,(H,16,17). The van der Waals surface area contributed by atoms with Crippen molar-refractivity contribution in [2.75, 3.05) is 6.61 Å². The first kappa shape index (κ1) is 13.8. The predicted octanol–water partition coefficient (Wildman–Crippen LogP) is 0.918. The van der Waals surface area contributed by atoms with Crippen LogP contribution in [0.5, 0.6) is 0 Å². The summed E-state index contributed by atoms with van der Waals surface area (Å²) in [5.41, 5.74) is 0.161. The molecule has 0 saturated heterocycles. The molecule has 1 aromatic heterocycles. The number of carbonyl (C=O) groups excluding carboxylic acids is 2. The Hall–Kier alpha value is -2.24. The number of Topliss-reactive ketones (excluding diaryl/α,β-unsaturated/α-hetero) is 1. The van der Waals surface area contributed by atoms with Gasteiger partial charge in [0.25, 0.3) is 0 Å². The van der Waals surface area contributed by atoms with Crippen LogP contribution in [-0.4, -0.2) is 34.4 Å². The van der Waals surface area contributed by atoms with Crippen LogP contribution >= 0.6 is 0 Å². The fourth-order valence-electron chi connectivity index (χ4n) is 1.39. The van der Waals surface area contributed by atoms with E-state index in [2.05, 4.69) is 9.72 Å². The van der Waals surface area contributed by atoms with Crippen molar-refractivity contribution in [3.05, 3.63) is 30.1 Å². The molecule has 6 nitrogen and oxygen atoms in total. The number of carboxylic acids is 1. The maximum absolute atomic E-state index is 11.9. The molecule has 1 unspecified atom stereocenters. The number of aliphatic carboxylic acids is 1. The summed E-state index contributed by atoms with van der Waals surface area (Å²) in [7, 11) is 0. The van der Waals surface area contributed by atoms with Crippen LogP contribution in [0.15, 0.2) is 24.5 Å². The van der Waals surface area contributed by atoms with Crippen molar-refractivity contribution >= 4 is 17.7 Å². The number of nitrogens with zero attached hydrogens (tertiary/aromatic N) is 1. The summed E-state index contributed by atoms with van der Waals surface area (Å²) in [6, 6.07) is 2.98. The van der Waals surface area contributed by atoms with Gasteiger partial charge in [-0.1, -0.05) is 0 Å². The number of pyridine rings is 1. The first-order chi connectivity index (χ1) is 8.56. The molecule has 18 heavy (non-hydrogen) atoms. The van der Waals surface area contributed by atoms with Gasteiger partial charge in [-0.3, -0.25) is 19.4 Å². The van der Waals surface area contributed by atoms with Gasteiger partial charge in [0.1, 0.15) is 5.92 Å². The van der Waals surface area contributed by atoms with Gasteiger partial charge in [0.05, 0.1) is 13.0 Å². The highest BCUT2D eigenvalue weighted by atomic mass is 16.5. The van der Waals surface area contributed by atoms with Crippen LogP contribution < -0.4 is 0 Å². The third-order valence-corrected chi connectivity index (χ3v) is 2.24. The highest BCUT2D eigenvalue weighted by Gasteiger charge is 2.30. The van der Waals surface area contributed by atoms with Crippen molar-refractivity contribution in [1.29, 1.82) is 0 Å². The minimum absolute atomic E-state index is 0.145. The molecule has 0 bridgehead atoms. The van der Waals surface area contributed by atoms with Crippen molar-refractivity contribution in [3.63, 3.8) is 0 Å². The summed E-state index contributed by atoms with van der Waals surface area (Å²) in [5.74, 6) is -4.14. The van der Waals surface area contributed by atoms with Crippen LogP contribution in [0.2, 0.25) is 0 Å². The molecule has 1 rings (SSSR count).